The Labute approximate surface area is 146 Å². The van der Waals surface area contributed by atoms with Crippen LogP contribution in [0.25, 0.3) is 10.1 Å². The lowest BCUT2D eigenvalue weighted by molar-refractivity contribution is 0.0673. The summed E-state index contributed by atoms with van der Waals surface area (Å²) in [6.45, 7) is 5.95. The van der Waals surface area contributed by atoms with Crippen LogP contribution in [0.2, 0.25) is 0 Å². The summed E-state index contributed by atoms with van der Waals surface area (Å²) < 4.78 is 25.4. The van der Waals surface area contributed by atoms with Crippen molar-refractivity contribution in [1.82, 2.24) is 4.90 Å². The number of rotatable bonds is 8. The molecular weight excluding hydrogens is 329 g/mol. The molecule has 0 fully saturated rings. The van der Waals surface area contributed by atoms with Crippen molar-refractivity contribution in [2.75, 3.05) is 33.9 Å². The zero-order valence-corrected chi connectivity index (χ0v) is 15.4. The highest BCUT2D eigenvalue weighted by Gasteiger charge is 2.25. The smallest absolute Gasteiger partial charge is 0.264 e. The molecular formula is C18H24FNO3S. The van der Waals surface area contributed by atoms with Crippen molar-refractivity contribution < 1.29 is 18.7 Å². The summed E-state index contributed by atoms with van der Waals surface area (Å²) in [6.07, 6.45) is 0. The van der Waals surface area contributed by atoms with Gasteiger partial charge in [0.2, 0.25) is 0 Å². The summed E-state index contributed by atoms with van der Waals surface area (Å²) in [5.41, 5.74) is 0.631. The van der Waals surface area contributed by atoms with E-state index in [1.165, 1.54) is 17.4 Å². The molecule has 0 N–H and O–H groups in total. The van der Waals surface area contributed by atoms with E-state index in [1.807, 2.05) is 6.07 Å². The number of halogens is 1. The maximum Gasteiger partial charge on any atom is 0.264 e. The molecule has 0 atom stereocenters. The number of ether oxygens (including phenoxy) is 2. The highest BCUT2D eigenvalue weighted by molar-refractivity contribution is 7.21. The van der Waals surface area contributed by atoms with Gasteiger partial charge >= 0.3 is 0 Å². The van der Waals surface area contributed by atoms with Crippen molar-refractivity contribution in [3.05, 3.63) is 34.5 Å². The summed E-state index contributed by atoms with van der Waals surface area (Å²) >= 11 is 1.32. The van der Waals surface area contributed by atoms with E-state index < -0.39 is 0 Å². The Morgan fingerprint density at radius 3 is 2.67 bits per heavy atom. The van der Waals surface area contributed by atoms with E-state index in [0.717, 1.165) is 4.70 Å². The van der Waals surface area contributed by atoms with Crippen LogP contribution in [0.4, 0.5) is 4.39 Å². The molecule has 1 amide bonds. The molecule has 0 saturated heterocycles. The second-order valence-corrected chi connectivity index (χ2v) is 7.15. The lowest BCUT2D eigenvalue weighted by Gasteiger charge is -2.24. The molecule has 4 nitrogen and oxygen atoms in total. The lowest BCUT2D eigenvalue weighted by Crippen LogP contribution is -2.36. The van der Waals surface area contributed by atoms with Gasteiger partial charge in [-0.1, -0.05) is 19.9 Å². The van der Waals surface area contributed by atoms with Crippen molar-refractivity contribution in [1.29, 1.82) is 0 Å². The molecule has 24 heavy (non-hydrogen) atoms. The van der Waals surface area contributed by atoms with E-state index in [0.29, 0.717) is 41.4 Å². The first-order valence-corrected chi connectivity index (χ1v) is 8.78. The van der Waals surface area contributed by atoms with Crippen LogP contribution >= 0.6 is 11.3 Å². The van der Waals surface area contributed by atoms with Crippen molar-refractivity contribution in [3.8, 4) is 0 Å². The number of nitrogens with zero attached hydrogens (tertiary/aromatic N) is 1. The number of hydrogen-bond donors (Lipinski definition) is 0. The highest BCUT2D eigenvalue weighted by Crippen LogP contribution is 2.34. The maximum absolute atomic E-state index is 14.3. The maximum atomic E-state index is 14.3. The third-order valence-electron chi connectivity index (χ3n) is 3.68. The molecule has 0 unspecified atom stereocenters. The molecule has 2 rings (SSSR count). The number of thiophene rings is 1. The molecule has 1 heterocycles. The Hall–Kier alpha value is -1.50. The van der Waals surface area contributed by atoms with Gasteiger partial charge in [0.1, 0.15) is 5.82 Å². The Morgan fingerprint density at radius 2 is 2.04 bits per heavy atom. The molecule has 2 aromatic rings. The number of methoxy groups -OCH3 is 2. The second-order valence-electron chi connectivity index (χ2n) is 6.09. The quantitative estimate of drug-likeness (QED) is 0.722. The average molecular weight is 353 g/mol. The van der Waals surface area contributed by atoms with Crippen molar-refractivity contribution in [2.24, 2.45) is 5.92 Å². The molecule has 0 aliphatic carbocycles. The molecule has 0 radical (unpaired) electrons. The Bertz CT molecular complexity index is 699. The predicted octanol–water partition coefficient (Wildman–Crippen LogP) is 3.93. The minimum Gasteiger partial charge on any atom is -0.383 e. The molecule has 0 spiro atoms. The van der Waals surface area contributed by atoms with Crippen LogP contribution < -0.4 is 0 Å². The standard InChI is InChI=1S/C18H24FNO3S/c1-12(2)10-20(8-9-22-3)18(21)17-13(11-23-4)16-14(19)6-5-7-15(16)24-17/h5-7,12H,8-11H2,1-4H3. The molecule has 132 valence electrons. The summed E-state index contributed by atoms with van der Waals surface area (Å²) in [6, 6.07) is 4.91. The van der Waals surface area contributed by atoms with Gasteiger partial charge in [-0.3, -0.25) is 4.79 Å². The van der Waals surface area contributed by atoms with Gasteiger partial charge in [-0.25, -0.2) is 4.39 Å². The largest absolute Gasteiger partial charge is 0.383 e. The van der Waals surface area contributed by atoms with E-state index in [2.05, 4.69) is 13.8 Å². The highest BCUT2D eigenvalue weighted by atomic mass is 32.1. The average Bonchev–Trinajstić information content (AvgIpc) is 2.91. The third-order valence-corrected chi connectivity index (χ3v) is 4.87. The van der Waals surface area contributed by atoms with Crippen molar-refractivity contribution in [3.63, 3.8) is 0 Å². The minimum absolute atomic E-state index is 0.0894. The number of fused-ring (bicyclic) bond motifs is 1. The first-order chi connectivity index (χ1) is 11.5. The van der Waals surface area contributed by atoms with Gasteiger partial charge < -0.3 is 14.4 Å². The number of hydrogen-bond acceptors (Lipinski definition) is 4. The zero-order valence-electron chi connectivity index (χ0n) is 14.6. The van der Waals surface area contributed by atoms with Gasteiger partial charge in [0.25, 0.3) is 5.91 Å². The molecule has 0 aliphatic rings. The number of benzene rings is 1. The van der Waals surface area contributed by atoms with E-state index in [1.54, 1.807) is 25.2 Å². The van der Waals surface area contributed by atoms with E-state index in [-0.39, 0.29) is 18.3 Å². The van der Waals surface area contributed by atoms with Gasteiger partial charge in [0.15, 0.2) is 0 Å². The molecule has 1 aromatic carbocycles. The Morgan fingerprint density at radius 1 is 1.29 bits per heavy atom. The van der Waals surface area contributed by atoms with Gasteiger partial charge in [-0.15, -0.1) is 11.3 Å². The van der Waals surface area contributed by atoms with Crippen LogP contribution in [0.5, 0.6) is 0 Å². The van der Waals surface area contributed by atoms with Crippen LogP contribution in [0.3, 0.4) is 0 Å². The van der Waals surface area contributed by atoms with E-state index in [4.69, 9.17) is 9.47 Å². The van der Waals surface area contributed by atoms with Gasteiger partial charge in [-0.05, 0) is 18.1 Å². The van der Waals surface area contributed by atoms with Crippen molar-refractivity contribution in [2.45, 2.75) is 20.5 Å². The second kappa shape index (κ2) is 8.55. The van der Waals surface area contributed by atoms with Gasteiger partial charge in [0, 0.05) is 43.0 Å². The fraction of sp³-hybridized carbons (Fsp3) is 0.500. The fourth-order valence-corrected chi connectivity index (χ4v) is 3.87. The van der Waals surface area contributed by atoms with Crippen LogP contribution in [-0.2, 0) is 16.1 Å². The SMILES string of the molecule is COCCN(CC(C)C)C(=O)c1sc2cccc(F)c2c1COC. The topological polar surface area (TPSA) is 38.8 Å². The van der Waals surface area contributed by atoms with Crippen LogP contribution in [0, 0.1) is 11.7 Å². The van der Waals surface area contributed by atoms with E-state index >= 15 is 0 Å². The first kappa shape index (κ1) is 18.8. The molecule has 0 aliphatic heterocycles. The minimum atomic E-state index is -0.317. The molecule has 6 heteroatoms. The Balaban J connectivity index is 2.46. The molecule has 0 saturated carbocycles. The van der Waals surface area contributed by atoms with Crippen LogP contribution in [-0.4, -0.2) is 44.7 Å². The molecule has 1 aromatic heterocycles. The first-order valence-electron chi connectivity index (χ1n) is 7.96. The van der Waals surface area contributed by atoms with Crippen molar-refractivity contribution >= 4 is 27.3 Å². The third kappa shape index (κ3) is 4.12. The van der Waals surface area contributed by atoms with Crippen LogP contribution in [0.1, 0.15) is 29.1 Å². The van der Waals surface area contributed by atoms with Gasteiger partial charge in [0.05, 0.1) is 18.1 Å². The monoisotopic (exact) mass is 353 g/mol. The predicted molar refractivity (Wildman–Crippen MR) is 95.1 cm³/mol. The Kier molecular flexibility index (Phi) is 6.71. The summed E-state index contributed by atoms with van der Waals surface area (Å²) in [4.78, 5) is 15.4. The zero-order chi connectivity index (χ0) is 17.7. The van der Waals surface area contributed by atoms with Gasteiger partial charge in [-0.2, -0.15) is 0 Å². The lowest BCUT2D eigenvalue weighted by atomic mass is 10.1. The van der Waals surface area contributed by atoms with Crippen LogP contribution in [0.15, 0.2) is 18.2 Å². The summed E-state index contributed by atoms with van der Waals surface area (Å²) in [5.74, 6) is -0.0710. The number of carbonyl (C=O) groups is 1. The fourth-order valence-electron chi connectivity index (χ4n) is 2.68. The molecule has 0 bridgehead atoms. The normalized spacial score (nSPS) is 11.4. The van der Waals surface area contributed by atoms with E-state index in [9.17, 15) is 9.18 Å². The number of amides is 1. The summed E-state index contributed by atoms with van der Waals surface area (Å²) in [5, 5.41) is 0.490. The number of carbonyl (C=O) groups excluding carboxylic acids is 1. The summed E-state index contributed by atoms with van der Waals surface area (Å²) in [7, 11) is 3.17.